The zero-order valence-electron chi connectivity index (χ0n) is 11.5. The molecule has 0 spiro atoms. The minimum atomic E-state index is -1.23. The first-order valence-corrected chi connectivity index (χ1v) is 6.43. The van der Waals surface area contributed by atoms with Gasteiger partial charge < -0.3 is 20.1 Å². The van der Waals surface area contributed by atoms with Gasteiger partial charge in [-0.3, -0.25) is 0 Å². The first-order valence-electron chi connectivity index (χ1n) is 6.43. The molecule has 0 aliphatic carbocycles. The molecule has 4 nitrogen and oxygen atoms in total. The summed E-state index contributed by atoms with van der Waals surface area (Å²) in [6.45, 7) is 5.53. The van der Waals surface area contributed by atoms with Crippen molar-refractivity contribution in [3.8, 4) is 0 Å². The van der Waals surface area contributed by atoms with Crippen LogP contribution in [0.25, 0.3) is 0 Å². The lowest BCUT2D eigenvalue weighted by Crippen LogP contribution is -2.48. The largest absolute Gasteiger partial charge is 0.396 e. The van der Waals surface area contributed by atoms with Gasteiger partial charge in [-0.2, -0.15) is 0 Å². The zero-order chi connectivity index (χ0) is 13.5. The maximum atomic E-state index is 10.2. The van der Waals surface area contributed by atoms with Crippen LogP contribution in [-0.4, -0.2) is 46.8 Å². The summed E-state index contributed by atoms with van der Waals surface area (Å²) in [7, 11) is 1.55. The van der Waals surface area contributed by atoms with Crippen LogP contribution >= 0.6 is 0 Å². The van der Waals surface area contributed by atoms with E-state index >= 15 is 0 Å². The second kappa shape index (κ2) is 8.03. The predicted molar refractivity (Wildman–Crippen MR) is 67.8 cm³/mol. The molecule has 0 heterocycles. The number of aliphatic hydroxyl groups excluding tert-OH is 2. The topological polar surface area (TPSA) is 69.9 Å². The lowest BCUT2D eigenvalue weighted by atomic mass is 9.85. The van der Waals surface area contributed by atoms with E-state index in [0.717, 1.165) is 19.3 Å². The van der Waals surface area contributed by atoms with E-state index in [0.29, 0.717) is 6.42 Å². The van der Waals surface area contributed by atoms with Crippen LogP contribution in [0.3, 0.4) is 0 Å². The number of ether oxygens (including phenoxy) is 1. The Balaban J connectivity index is 4.44. The fourth-order valence-corrected chi connectivity index (χ4v) is 2.10. The lowest BCUT2D eigenvalue weighted by molar-refractivity contribution is -0.137. The summed E-state index contributed by atoms with van der Waals surface area (Å²) in [5, 5.41) is 29.4. The van der Waals surface area contributed by atoms with E-state index in [1.807, 2.05) is 6.92 Å². The maximum absolute atomic E-state index is 10.2. The third-order valence-corrected chi connectivity index (χ3v) is 3.21. The molecule has 3 unspecified atom stereocenters. The predicted octanol–water partition coefficient (Wildman–Crippen LogP) is 1.32. The maximum Gasteiger partial charge on any atom is 0.108 e. The summed E-state index contributed by atoms with van der Waals surface area (Å²) in [5.74, 6) is -0.0386. The summed E-state index contributed by atoms with van der Waals surface area (Å²) in [5.41, 5.74) is -1.23. The molecule has 0 fully saturated rings. The molecule has 17 heavy (non-hydrogen) atoms. The third kappa shape index (κ3) is 5.82. The molecule has 0 aliphatic rings. The van der Waals surface area contributed by atoms with Gasteiger partial charge in [-0.25, -0.2) is 0 Å². The van der Waals surface area contributed by atoms with Gasteiger partial charge >= 0.3 is 0 Å². The number of hydrogen-bond donors (Lipinski definition) is 3. The van der Waals surface area contributed by atoms with E-state index in [4.69, 9.17) is 9.84 Å². The molecule has 0 aliphatic heterocycles. The first kappa shape index (κ1) is 16.8. The van der Waals surface area contributed by atoms with Gasteiger partial charge in [0.2, 0.25) is 0 Å². The van der Waals surface area contributed by atoms with E-state index in [1.54, 1.807) is 14.0 Å². The van der Waals surface area contributed by atoms with Crippen molar-refractivity contribution < 1.29 is 20.1 Å². The molecule has 0 radical (unpaired) electrons. The van der Waals surface area contributed by atoms with Crippen LogP contribution < -0.4 is 0 Å². The smallest absolute Gasteiger partial charge is 0.108 e. The Labute approximate surface area is 105 Å². The number of unbranched alkanes of at least 4 members (excludes halogenated alkanes) is 1. The van der Waals surface area contributed by atoms with Crippen LogP contribution in [0, 0.1) is 5.92 Å². The molecular weight excluding hydrogens is 220 g/mol. The highest BCUT2D eigenvalue weighted by Gasteiger charge is 2.37. The summed E-state index contributed by atoms with van der Waals surface area (Å²) in [6.07, 6.45) is 1.81. The average molecular weight is 248 g/mol. The molecule has 0 aromatic rings. The molecule has 0 bridgehead atoms. The van der Waals surface area contributed by atoms with Crippen LogP contribution in [0.1, 0.15) is 46.5 Å². The standard InChI is InChI=1S/C13H28O4/c1-5-6-7-11(17-4)12(15)13(3,16)8-10(2)9-14/h10-12,14-16H,5-9H2,1-4H3/t10?,11?,12?,13-/m0/s1. The average Bonchev–Trinajstić information content (AvgIpc) is 2.29. The van der Waals surface area contributed by atoms with Crippen LogP contribution in [0.4, 0.5) is 0 Å². The number of aliphatic hydroxyl groups is 3. The van der Waals surface area contributed by atoms with Crippen molar-refractivity contribution in [2.24, 2.45) is 5.92 Å². The van der Waals surface area contributed by atoms with Crippen molar-refractivity contribution in [2.45, 2.75) is 64.3 Å². The Morgan fingerprint density at radius 1 is 1.35 bits per heavy atom. The molecule has 0 rings (SSSR count). The van der Waals surface area contributed by atoms with Gasteiger partial charge in [0.25, 0.3) is 0 Å². The number of methoxy groups -OCH3 is 1. The second-order valence-electron chi connectivity index (χ2n) is 5.21. The van der Waals surface area contributed by atoms with E-state index in [1.165, 1.54) is 0 Å². The van der Waals surface area contributed by atoms with E-state index in [9.17, 15) is 10.2 Å². The Bertz CT molecular complexity index is 194. The van der Waals surface area contributed by atoms with Gasteiger partial charge in [0.1, 0.15) is 6.10 Å². The Kier molecular flexibility index (Phi) is 7.96. The van der Waals surface area contributed by atoms with Crippen LogP contribution in [-0.2, 0) is 4.74 Å². The fraction of sp³-hybridized carbons (Fsp3) is 1.00. The summed E-state index contributed by atoms with van der Waals surface area (Å²) >= 11 is 0. The minimum Gasteiger partial charge on any atom is -0.396 e. The molecule has 104 valence electrons. The van der Waals surface area contributed by atoms with E-state index in [-0.39, 0.29) is 18.6 Å². The molecule has 4 heteroatoms. The second-order valence-corrected chi connectivity index (χ2v) is 5.21. The molecule has 0 amide bonds. The Morgan fingerprint density at radius 2 is 1.94 bits per heavy atom. The van der Waals surface area contributed by atoms with Crippen molar-refractivity contribution in [2.75, 3.05) is 13.7 Å². The van der Waals surface area contributed by atoms with Crippen LogP contribution in [0.5, 0.6) is 0 Å². The number of rotatable bonds is 9. The van der Waals surface area contributed by atoms with Crippen molar-refractivity contribution in [3.05, 3.63) is 0 Å². The highest BCUT2D eigenvalue weighted by atomic mass is 16.5. The monoisotopic (exact) mass is 248 g/mol. The van der Waals surface area contributed by atoms with Crippen molar-refractivity contribution >= 4 is 0 Å². The Morgan fingerprint density at radius 3 is 2.35 bits per heavy atom. The SMILES string of the molecule is CCCCC(OC)C(O)[C@@](C)(O)CC(C)CO. The lowest BCUT2D eigenvalue weighted by Gasteiger charge is -2.35. The fourth-order valence-electron chi connectivity index (χ4n) is 2.10. The van der Waals surface area contributed by atoms with E-state index in [2.05, 4.69) is 6.92 Å². The summed E-state index contributed by atoms with van der Waals surface area (Å²) in [4.78, 5) is 0. The van der Waals surface area contributed by atoms with Gasteiger partial charge in [-0.15, -0.1) is 0 Å². The van der Waals surface area contributed by atoms with Crippen molar-refractivity contribution in [1.29, 1.82) is 0 Å². The molecule has 4 atom stereocenters. The van der Waals surface area contributed by atoms with E-state index < -0.39 is 11.7 Å². The summed E-state index contributed by atoms with van der Waals surface area (Å²) < 4.78 is 5.24. The van der Waals surface area contributed by atoms with Crippen LogP contribution in [0.2, 0.25) is 0 Å². The van der Waals surface area contributed by atoms with Gasteiger partial charge in [-0.05, 0) is 25.7 Å². The first-order chi connectivity index (χ1) is 7.88. The highest BCUT2D eigenvalue weighted by molar-refractivity contribution is 4.88. The van der Waals surface area contributed by atoms with Crippen molar-refractivity contribution in [1.82, 2.24) is 0 Å². The van der Waals surface area contributed by atoms with Gasteiger partial charge in [-0.1, -0.05) is 26.7 Å². The molecular formula is C13H28O4. The quantitative estimate of drug-likeness (QED) is 0.575. The molecule has 0 aromatic carbocycles. The molecule has 0 aromatic heterocycles. The molecule has 3 N–H and O–H groups in total. The Hall–Kier alpha value is -0.160. The molecule has 0 saturated carbocycles. The normalized spacial score (nSPS) is 20.6. The van der Waals surface area contributed by atoms with Gasteiger partial charge in [0, 0.05) is 13.7 Å². The third-order valence-electron chi connectivity index (χ3n) is 3.21. The summed E-state index contributed by atoms with van der Waals surface area (Å²) in [6, 6.07) is 0. The number of hydrogen-bond acceptors (Lipinski definition) is 4. The van der Waals surface area contributed by atoms with Crippen LogP contribution in [0.15, 0.2) is 0 Å². The van der Waals surface area contributed by atoms with Gasteiger partial charge in [0.15, 0.2) is 0 Å². The zero-order valence-corrected chi connectivity index (χ0v) is 11.5. The van der Waals surface area contributed by atoms with Gasteiger partial charge in [0.05, 0.1) is 11.7 Å². The van der Waals surface area contributed by atoms with Crippen molar-refractivity contribution in [3.63, 3.8) is 0 Å². The highest BCUT2D eigenvalue weighted by Crippen LogP contribution is 2.25. The minimum absolute atomic E-state index is 0.00940. The molecule has 0 saturated heterocycles.